The maximum Gasteiger partial charge on any atom is 0.338 e. The number of carbonyl (C=O) groups is 2. The monoisotopic (exact) mass is 467 g/mol. The quantitative estimate of drug-likeness (QED) is 0.457. The van der Waals surface area contributed by atoms with Gasteiger partial charge in [0.25, 0.3) is 0 Å². The molecule has 0 spiro atoms. The lowest BCUT2D eigenvalue weighted by molar-refractivity contribution is 0.0474. The minimum atomic E-state index is -3.91. The molecule has 1 aliphatic heterocycles. The van der Waals surface area contributed by atoms with Crippen LogP contribution in [0.1, 0.15) is 46.4 Å². The number of nitrogens with zero attached hydrogens (tertiary/aromatic N) is 1. The molecule has 0 aliphatic carbocycles. The van der Waals surface area contributed by atoms with Crippen molar-refractivity contribution in [2.24, 2.45) is 0 Å². The van der Waals surface area contributed by atoms with E-state index in [4.69, 9.17) is 9.47 Å². The SMILES string of the molecule is COc1ccc(C(=O)OCC(=O)c2ccc(F)c(F)c2)cc1S(=O)(=O)N1CCCCCC1. The number of sulfonamides is 1. The van der Waals surface area contributed by atoms with Gasteiger partial charge in [0.1, 0.15) is 10.6 Å². The minimum absolute atomic E-state index is 0.0858. The number of benzene rings is 2. The smallest absolute Gasteiger partial charge is 0.338 e. The van der Waals surface area contributed by atoms with E-state index in [1.54, 1.807) is 0 Å². The first-order valence-electron chi connectivity index (χ1n) is 10.1. The van der Waals surface area contributed by atoms with Crippen LogP contribution in [-0.4, -0.2) is 51.3 Å². The summed E-state index contributed by atoms with van der Waals surface area (Å²) in [5.41, 5.74) is -0.242. The maximum absolute atomic E-state index is 13.3. The number of ketones is 1. The average molecular weight is 467 g/mol. The Kier molecular flexibility index (Phi) is 7.57. The van der Waals surface area contributed by atoms with Crippen LogP contribution in [-0.2, 0) is 14.8 Å². The number of hydrogen-bond donors (Lipinski definition) is 0. The molecule has 1 heterocycles. The van der Waals surface area contributed by atoms with E-state index in [1.165, 1.54) is 23.5 Å². The number of halogens is 2. The highest BCUT2D eigenvalue weighted by Crippen LogP contribution is 2.29. The molecule has 32 heavy (non-hydrogen) atoms. The lowest BCUT2D eigenvalue weighted by Crippen LogP contribution is -2.32. The molecule has 1 fully saturated rings. The number of methoxy groups -OCH3 is 1. The highest BCUT2D eigenvalue weighted by atomic mass is 32.2. The first-order valence-corrected chi connectivity index (χ1v) is 11.5. The molecule has 0 amide bonds. The van der Waals surface area contributed by atoms with Gasteiger partial charge < -0.3 is 9.47 Å². The second kappa shape index (κ2) is 10.2. The van der Waals surface area contributed by atoms with Crippen molar-refractivity contribution in [3.63, 3.8) is 0 Å². The summed E-state index contributed by atoms with van der Waals surface area (Å²) in [7, 11) is -2.58. The fourth-order valence-corrected chi connectivity index (χ4v) is 5.09. The molecule has 172 valence electrons. The van der Waals surface area contributed by atoms with Crippen molar-refractivity contribution in [3.05, 3.63) is 59.2 Å². The Hall–Kier alpha value is -2.85. The summed E-state index contributed by atoms with van der Waals surface area (Å²) in [6.45, 7) is 0.0376. The molecule has 1 aliphatic rings. The lowest BCUT2D eigenvalue weighted by atomic mass is 10.1. The second-order valence-corrected chi connectivity index (χ2v) is 9.22. The molecule has 0 unspecified atom stereocenters. The van der Waals surface area contributed by atoms with Gasteiger partial charge in [-0.25, -0.2) is 22.0 Å². The van der Waals surface area contributed by atoms with Crippen LogP contribution < -0.4 is 4.74 Å². The first kappa shape index (κ1) is 23.8. The largest absolute Gasteiger partial charge is 0.495 e. The van der Waals surface area contributed by atoms with Gasteiger partial charge in [-0.1, -0.05) is 12.8 Å². The third kappa shape index (κ3) is 5.31. The normalized spacial score (nSPS) is 15.1. The Labute approximate surface area is 185 Å². The van der Waals surface area contributed by atoms with Gasteiger partial charge in [-0.2, -0.15) is 4.31 Å². The Morgan fingerprint density at radius 1 is 0.938 bits per heavy atom. The van der Waals surface area contributed by atoms with E-state index in [0.717, 1.165) is 43.9 Å². The molecular formula is C22H23F2NO6S. The van der Waals surface area contributed by atoms with E-state index in [2.05, 4.69) is 0 Å². The number of rotatable bonds is 7. The van der Waals surface area contributed by atoms with Gasteiger partial charge in [-0.05, 0) is 49.2 Å². The molecule has 0 saturated carbocycles. The van der Waals surface area contributed by atoms with Gasteiger partial charge >= 0.3 is 5.97 Å². The van der Waals surface area contributed by atoms with Crippen molar-refractivity contribution in [1.29, 1.82) is 0 Å². The molecule has 0 atom stereocenters. The van der Waals surface area contributed by atoms with E-state index < -0.39 is 40.0 Å². The summed E-state index contributed by atoms with van der Waals surface area (Å²) in [5, 5.41) is 0. The Bertz CT molecular complexity index is 1110. The van der Waals surface area contributed by atoms with Crippen molar-refractivity contribution >= 4 is 21.8 Å². The van der Waals surface area contributed by atoms with E-state index in [1.807, 2.05) is 0 Å². The highest BCUT2D eigenvalue weighted by molar-refractivity contribution is 7.89. The third-order valence-electron chi connectivity index (χ3n) is 5.16. The zero-order valence-electron chi connectivity index (χ0n) is 17.5. The summed E-state index contributed by atoms with van der Waals surface area (Å²) < 4.78 is 64.2. The van der Waals surface area contributed by atoms with Gasteiger partial charge in [-0.3, -0.25) is 4.79 Å². The zero-order valence-corrected chi connectivity index (χ0v) is 18.3. The molecular weight excluding hydrogens is 444 g/mol. The van der Waals surface area contributed by atoms with Crippen LogP contribution in [0.2, 0.25) is 0 Å². The van der Waals surface area contributed by atoms with Crippen LogP contribution in [0.3, 0.4) is 0 Å². The van der Waals surface area contributed by atoms with Crippen LogP contribution in [0, 0.1) is 11.6 Å². The third-order valence-corrected chi connectivity index (χ3v) is 7.08. The van der Waals surface area contributed by atoms with Crippen LogP contribution in [0.15, 0.2) is 41.3 Å². The number of ether oxygens (including phenoxy) is 2. The standard InChI is InChI=1S/C22H23F2NO6S/c1-30-20-9-7-16(13-21(20)32(28,29)25-10-4-2-3-5-11-25)22(27)31-14-19(26)15-6-8-17(23)18(24)12-15/h6-9,12-13H,2-5,10-11,14H2,1H3. The Morgan fingerprint density at radius 3 is 2.22 bits per heavy atom. The molecule has 7 nitrogen and oxygen atoms in total. The number of hydrogen-bond acceptors (Lipinski definition) is 6. The summed E-state index contributed by atoms with van der Waals surface area (Å²) in [6, 6.07) is 6.42. The maximum atomic E-state index is 13.3. The second-order valence-electron chi connectivity index (χ2n) is 7.31. The number of esters is 1. The molecule has 2 aromatic carbocycles. The van der Waals surface area contributed by atoms with Crippen molar-refractivity contribution in [2.45, 2.75) is 30.6 Å². The minimum Gasteiger partial charge on any atom is -0.495 e. The summed E-state index contributed by atoms with van der Waals surface area (Å²) >= 11 is 0. The van der Waals surface area contributed by atoms with Crippen molar-refractivity contribution in [3.8, 4) is 5.75 Å². The van der Waals surface area contributed by atoms with E-state index in [-0.39, 0.29) is 21.8 Å². The fraction of sp³-hybridized carbons (Fsp3) is 0.364. The topological polar surface area (TPSA) is 90.0 Å². The molecule has 0 N–H and O–H groups in total. The lowest BCUT2D eigenvalue weighted by Gasteiger charge is -2.21. The average Bonchev–Trinajstić information content (AvgIpc) is 3.09. The summed E-state index contributed by atoms with van der Waals surface area (Å²) in [4.78, 5) is 24.4. The molecule has 0 aromatic heterocycles. The molecule has 2 aromatic rings. The Balaban J connectivity index is 1.78. The van der Waals surface area contributed by atoms with Crippen LogP contribution in [0.5, 0.6) is 5.75 Å². The highest BCUT2D eigenvalue weighted by Gasteiger charge is 2.29. The van der Waals surface area contributed by atoms with Crippen molar-refractivity contribution in [2.75, 3.05) is 26.8 Å². The van der Waals surface area contributed by atoms with E-state index in [9.17, 15) is 26.8 Å². The van der Waals surface area contributed by atoms with Gasteiger partial charge in [0.2, 0.25) is 10.0 Å². The van der Waals surface area contributed by atoms with Gasteiger partial charge in [0.15, 0.2) is 24.0 Å². The van der Waals surface area contributed by atoms with E-state index >= 15 is 0 Å². The first-order chi connectivity index (χ1) is 15.2. The fourth-order valence-electron chi connectivity index (χ4n) is 3.39. The molecule has 1 saturated heterocycles. The van der Waals surface area contributed by atoms with Crippen molar-refractivity contribution < 1.29 is 36.3 Å². The molecule has 0 radical (unpaired) electrons. The van der Waals surface area contributed by atoms with Crippen molar-refractivity contribution in [1.82, 2.24) is 4.31 Å². The predicted octanol–water partition coefficient (Wildman–Crippen LogP) is 3.58. The van der Waals surface area contributed by atoms with Gasteiger partial charge in [-0.15, -0.1) is 0 Å². The van der Waals surface area contributed by atoms with Gasteiger partial charge in [0, 0.05) is 18.7 Å². The van der Waals surface area contributed by atoms with Gasteiger partial charge in [0.05, 0.1) is 12.7 Å². The summed E-state index contributed by atoms with van der Waals surface area (Å²) in [6.07, 6.45) is 3.38. The summed E-state index contributed by atoms with van der Waals surface area (Å²) in [5.74, 6) is -3.88. The van der Waals surface area contributed by atoms with Crippen LogP contribution in [0.25, 0.3) is 0 Å². The van der Waals surface area contributed by atoms with Crippen LogP contribution in [0.4, 0.5) is 8.78 Å². The zero-order chi connectivity index (χ0) is 23.3. The number of Topliss-reactive ketones (excluding diaryl/α,β-unsaturated/α-hetero) is 1. The predicted molar refractivity (Wildman–Crippen MR) is 111 cm³/mol. The number of carbonyl (C=O) groups excluding carboxylic acids is 2. The van der Waals surface area contributed by atoms with Crippen LogP contribution >= 0.6 is 0 Å². The Morgan fingerprint density at radius 2 is 1.59 bits per heavy atom. The molecule has 10 heteroatoms. The van der Waals surface area contributed by atoms with E-state index in [0.29, 0.717) is 19.2 Å². The molecule has 3 rings (SSSR count). The molecule has 0 bridgehead atoms.